The first-order chi connectivity index (χ1) is 11.9. The summed E-state index contributed by atoms with van der Waals surface area (Å²) in [4.78, 5) is 36.5. The van der Waals surface area contributed by atoms with Crippen molar-refractivity contribution < 1.29 is 23.5 Å². The van der Waals surface area contributed by atoms with Gasteiger partial charge in [-0.1, -0.05) is 0 Å². The van der Waals surface area contributed by atoms with Gasteiger partial charge in [0.1, 0.15) is 5.82 Å². The second-order valence-electron chi connectivity index (χ2n) is 5.27. The number of likely N-dealkylation sites (N-methyl/N-ethyl adjacent to an activating group) is 1. The summed E-state index contributed by atoms with van der Waals surface area (Å²) in [6, 6.07) is 7.08. The summed E-state index contributed by atoms with van der Waals surface area (Å²) in [5.74, 6) is -1.84. The fraction of sp³-hybridized carbons (Fsp3) is 0.235. The van der Waals surface area contributed by atoms with Crippen LogP contribution in [-0.4, -0.2) is 42.9 Å². The molecule has 0 fully saturated rings. The van der Waals surface area contributed by atoms with Crippen molar-refractivity contribution in [2.75, 3.05) is 25.5 Å². The van der Waals surface area contributed by atoms with E-state index in [1.54, 1.807) is 6.07 Å². The van der Waals surface area contributed by atoms with Gasteiger partial charge in [-0.3, -0.25) is 14.4 Å². The summed E-state index contributed by atoms with van der Waals surface area (Å²) in [5.41, 5.74) is 1.25. The molecule has 0 aliphatic heterocycles. The molecule has 0 saturated carbocycles. The molecule has 0 unspecified atom stereocenters. The van der Waals surface area contributed by atoms with Gasteiger partial charge in [0, 0.05) is 12.7 Å². The molecular weight excluding hydrogens is 347 g/mol. The summed E-state index contributed by atoms with van der Waals surface area (Å²) in [6.07, 6.45) is 0.103. The number of rotatable bonds is 7. The summed E-state index contributed by atoms with van der Waals surface area (Å²) in [6.45, 7) is -0.637. The number of carbonyl (C=O) groups is 3. The summed E-state index contributed by atoms with van der Waals surface area (Å²) < 4.78 is 17.7. The zero-order valence-corrected chi connectivity index (χ0v) is 14.3. The van der Waals surface area contributed by atoms with Gasteiger partial charge in [0.2, 0.25) is 5.91 Å². The van der Waals surface area contributed by atoms with Crippen molar-refractivity contribution in [1.82, 2.24) is 4.90 Å². The third-order valence-electron chi connectivity index (χ3n) is 3.22. The van der Waals surface area contributed by atoms with E-state index in [4.69, 9.17) is 4.74 Å². The monoisotopic (exact) mass is 364 g/mol. The number of hydrogen-bond donors (Lipinski definition) is 1. The number of hydrogen-bond acceptors (Lipinski definition) is 5. The van der Waals surface area contributed by atoms with Crippen molar-refractivity contribution in [3.63, 3.8) is 0 Å². The Balaban J connectivity index is 1.72. The van der Waals surface area contributed by atoms with Crippen LogP contribution in [0.3, 0.4) is 0 Å². The minimum Gasteiger partial charge on any atom is -0.455 e. The number of anilines is 1. The highest BCUT2D eigenvalue weighted by Gasteiger charge is 2.15. The number of nitrogens with one attached hydrogen (secondary N) is 1. The number of ether oxygens (including phenoxy) is 1. The molecule has 1 N–H and O–H groups in total. The SMILES string of the molecule is CN(CC(=O)Nc1ccc(F)cc1)C(=O)COC(=O)Cc1ccsc1. The topological polar surface area (TPSA) is 75.7 Å². The van der Waals surface area contributed by atoms with E-state index >= 15 is 0 Å². The van der Waals surface area contributed by atoms with E-state index in [0.29, 0.717) is 5.69 Å². The zero-order chi connectivity index (χ0) is 18.2. The first-order valence-electron chi connectivity index (χ1n) is 7.40. The molecule has 6 nitrogen and oxygen atoms in total. The smallest absolute Gasteiger partial charge is 0.310 e. The zero-order valence-electron chi connectivity index (χ0n) is 13.5. The largest absolute Gasteiger partial charge is 0.455 e. The van der Waals surface area contributed by atoms with Crippen LogP contribution in [0, 0.1) is 5.82 Å². The van der Waals surface area contributed by atoms with Gasteiger partial charge in [-0.25, -0.2) is 4.39 Å². The summed E-state index contributed by atoms with van der Waals surface area (Å²) in [5, 5.41) is 6.22. The van der Waals surface area contributed by atoms with Gasteiger partial charge in [-0.05, 0) is 46.7 Å². The average molecular weight is 364 g/mol. The van der Waals surface area contributed by atoms with Gasteiger partial charge in [-0.2, -0.15) is 11.3 Å². The standard InChI is InChI=1S/C17H17FN2O4S/c1-20(9-15(21)19-14-4-2-13(18)3-5-14)16(22)10-24-17(23)8-12-6-7-25-11-12/h2-7,11H,8-10H2,1H3,(H,19,21). The molecule has 2 amide bonds. The fourth-order valence-electron chi connectivity index (χ4n) is 1.90. The summed E-state index contributed by atoms with van der Waals surface area (Å²) >= 11 is 1.47. The lowest BCUT2D eigenvalue weighted by Crippen LogP contribution is -2.37. The first kappa shape index (κ1) is 18.6. The first-order valence-corrected chi connectivity index (χ1v) is 8.34. The Bertz CT molecular complexity index is 732. The maximum absolute atomic E-state index is 12.8. The lowest BCUT2D eigenvalue weighted by atomic mass is 10.2. The molecule has 8 heteroatoms. The molecule has 25 heavy (non-hydrogen) atoms. The Morgan fingerprint density at radius 3 is 2.56 bits per heavy atom. The predicted molar refractivity (Wildman–Crippen MR) is 91.6 cm³/mol. The predicted octanol–water partition coefficient (Wildman–Crippen LogP) is 2.07. The molecule has 0 aliphatic carbocycles. The molecule has 0 aliphatic rings. The number of benzene rings is 1. The minimum absolute atomic E-state index is 0.103. The van der Waals surface area contributed by atoms with E-state index in [1.165, 1.54) is 42.6 Å². The Labute approximate surface area is 148 Å². The molecule has 1 heterocycles. The number of amides is 2. The Morgan fingerprint density at radius 2 is 1.92 bits per heavy atom. The highest BCUT2D eigenvalue weighted by molar-refractivity contribution is 7.07. The number of esters is 1. The molecule has 1 aromatic carbocycles. The van der Waals surface area contributed by atoms with E-state index in [9.17, 15) is 18.8 Å². The maximum Gasteiger partial charge on any atom is 0.310 e. The Kier molecular flexibility index (Phi) is 6.64. The second-order valence-corrected chi connectivity index (χ2v) is 6.05. The van der Waals surface area contributed by atoms with Crippen molar-refractivity contribution >= 4 is 34.8 Å². The number of thiophene rings is 1. The minimum atomic E-state index is -0.504. The van der Waals surface area contributed by atoms with Crippen LogP contribution in [0.1, 0.15) is 5.56 Å². The number of halogens is 1. The lowest BCUT2D eigenvalue weighted by Gasteiger charge is -2.16. The number of carbonyl (C=O) groups excluding carboxylic acids is 3. The van der Waals surface area contributed by atoms with Crippen LogP contribution in [0.5, 0.6) is 0 Å². The molecule has 2 aromatic rings. The van der Waals surface area contributed by atoms with E-state index < -0.39 is 30.2 Å². The third kappa shape index (κ3) is 6.34. The van der Waals surface area contributed by atoms with Gasteiger partial charge in [0.15, 0.2) is 6.61 Å². The molecule has 132 valence electrons. The van der Waals surface area contributed by atoms with Gasteiger partial charge in [0.25, 0.3) is 5.91 Å². The molecule has 1 aromatic heterocycles. The normalized spacial score (nSPS) is 10.2. The Hall–Kier alpha value is -2.74. The average Bonchev–Trinajstić information content (AvgIpc) is 3.07. The molecule has 0 radical (unpaired) electrons. The van der Waals surface area contributed by atoms with Crippen LogP contribution in [0.4, 0.5) is 10.1 Å². The molecule has 0 saturated heterocycles. The second kappa shape index (κ2) is 8.93. The van der Waals surface area contributed by atoms with Crippen molar-refractivity contribution in [3.8, 4) is 0 Å². The fourth-order valence-corrected chi connectivity index (χ4v) is 2.57. The Morgan fingerprint density at radius 1 is 1.20 bits per heavy atom. The van der Waals surface area contributed by atoms with Crippen LogP contribution >= 0.6 is 11.3 Å². The van der Waals surface area contributed by atoms with Crippen LogP contribution in [-0.2, 0) is 25.5 Å². The highest BCUT2D eigenvalue weighted by atomic mass is 32.1. The van der Waals surface area contributed by atoms with Crippen molar-refractivity contribution in [3.05, 3.63) is 52.5 Å². The van der Waals surface area contributed by atoms with Crippen molar-refractivity contribution in [1.29, 1.82) is 0 Å². The van der Waals surface area contributed by atoms with Gasteiger partial charge >= 0.3 is 5.97 Å². The van der Waals surface area contributed by atoms with E-state index in [-0.39, 0.29) is 13.0 Å². The number of nitrogens with zero attached hydrogens (tertiary/aromatic N) is 1. The summed E-state index contributed by atoms with van der Waals surface area (Å²) in [7, 11) is 1.43. The van der Waals surface area contributed by atoms with Gasteiger partial charge < -0.3 is 15.0 Å². The van der Waals surface area contributed by atoms with Crippen molar-refractivity contribution in [2.24, 2.45) is 0 Å². The molecule has 0 spiro atoms. The van der Waals surface area contributed by atoms with Gasteiger partial charge in [0.05, 0.1) is 13.0 Å². The molecular formula is C17H17FN2O4S. The highest BCUT2D eigenvalue weighted by Crippen LogP contribution is 2.08. The molecule has 0 bridgehead atoms. The third-order valence-corrected chi connectivity index (χ3v) is 3.95. The van der Waals surface area contributed by atoms with Crippen LogP contribution in [0.15, 0.2) is 41.1 Å². The quantitative estimate of drug-likeness (QED) is 0.763. The van der Waals surface area contributed by atoms with Gasteiger partial charge in [-0.15, -0.1) is 0 Å². The van der Waals surface area contributed by atoms with Crippen LogP contribution in [0.25, 0.3) is 0 Å². The molecule has 2 rings (SSSR count). The van der Waals surface area contributed by atoms with Crippen LogP contribution < -0.4 is 5.32 Å². The van der Waals surface area contributed by atoms with Crippen molar-refractivity contribution in [2.45, 2.75) is 6.42 Å². The maximum atomic E-state index is 12.8. The molecule has 0 atom stereocenters. The van der Waals surface area contributed by atoms with E-state index in [2.05, 4.69) is 5.32 Å². The van der Waals surface area contributed by atoms with E-state index in [0.717, 1.165) is 10.5 Å². The van der Waals surface area contributed by atoms with Crippen LogP contribution in [0.2, 0.25) is 0 Å². The lowest BCUT2D eigenvalue weighted by molar-refractivity contribution is -0.151. The van der Waals surface area contributed by atoms with E-state index in [1.807, 2.05) is 10.8 Å².